The fraction of sp³-hybridized carbons (Fsp3) is 0.636. The molecule has 1 aliphatic heterocycles. The summed E-state index contributed by atoms with van der Waals surface area (Å²) < 4.78 is 43.9. The smallest absolute Gasteiger partial charge is 0.312 e. The minimum absolute atomic E-state index is 0.0185. The summed E-state index contributed by atoms with van der Waals surface area (Å²) in [5.74, 6) is 0.0675. The molecule has 0 unspecified atom stereocenters. The lowest BCUT2D eigenvalue weighted by Gasteiger charge is -2.28. The van der Waals surface area contributed by atoms with Crippen molar-refractivity contribution in [3.63, 3.8) is 0 Å². The third-order valence-electron chi connectivity index (χ3n) is 2.65. The molecular formula is C11H14F3N3O. The van der Waals surface area contributed by atoms with Gasteiger partial charge in [-0.2, -0.15) is 18.2 Å². The van der Waals surface area contributed by atoms with Crippen molar-refractivity contribution >= 4 is 0 Å². The lowest BCUT2D eigenvalue weighted by atomic mass is 10.1. The number of nitrogens with zero attached hydrogens (tertiary/aromatic N) is 3. The van der Waals surface area contributed by atoms with Gasteiger partial charge in [-0.25, -0.2) is 9.88 Å². The first-order valence-electron chi connectivity index (χ1n) is 5.71. The first-order chi connectivity index (χ1) is 8.47. The van der Waals surface area contributed by atoms with Gasteiger partial charge in [0.2, 0.25) is 5.88 Å². The van der Waals surface area contributed by atoms with E-state index in [0.29, 0.717) is 11.3 Å². The Bertz CT molecular complexity index is 440. The molecule has 0 N–H and O–H groups in total. The zero-order valence-electron chi connectivity index (χ0n) is 10.2. The van der Waals surface area contributed by atoms with E-state index in [1.54, 1.807) is 13.8 Å². The number of ether oxygens (including phenoxy) is 1. The van der Waals surface area contributed by atoms with E-state index < -0.39 is 12.6 Å². The molecule has 0 aliphatic carbocycles. The molecule has 0 fully saturated rings. The van der Waals surface area contributed by atoms with Crippen LogP contribution in [-0.4, -0.2) is 34.1 Å². The standard InChI is InChI=1S/C11H14F3N3O/c1-6(2)18-9-7-5-17(10(12)13)4-3-8(7)15-11(14)16-9/h6,10H,3-5H2,1-2H3. The molecule has 1 aromatic heterocycles. The number of rotatable bonds is 3. The van der Waals surface area contributed by atoms with Crippen molar-refractivity contribution < 1.29 is 17.9 Å². The molecule has 7 heteroatoms. The number of alkyl halides is 2. The van der Waals surface area contributed by atoms with E-state index in [1.807, 2.05) is 0 Å². The summed E-state index contributed by atoms with van der Waals surface area (Å²) in [5, 5.41) is 0. The number of aromatic nitrogens is 2. The van der Waals surface area contributed by atoms with Crippen LogP contribution in [0, 0.1) is 6.08 Å². The molecule has 0 bridgehead atoms. The van der Waals surface area contributed by atoms with Gasteiger partial charge in [0.05, 0.1) is 17.4 Å². The predicted octanol–water partition coefficient (Wildman–Crippen LogP) is 1.98. The summed E-state index contributed by atoms with van der Waals surface area (Å²) in [7, 11) is 0. The monoisotopic (exact) mass is 261 g/mol. The minimum atomic E-state index is -2.55. The Kier molecular flexibility index (Phi) is 3.70. The molecule has 0 amide bonds. The molecule has 0 aromatic carbocycles. The van der Waals surface area contributed by atoms with Crippen molar-refractivity contribution in [2.75, 3.05) is 6.54 Å². The summed E-state index contributed by atoms with van der Waals surface area (Å²) in [4.78, 5) is 8.18. The van der Waals surface area contributed by atoms with Gasteiger partial charge in [0, 0.05) is 19.5 Å². The fourth-order valence-corrected chi connectivity index (χ4v) is 1.86. The zero-order chi connectivity index (χ0) is 13.3. The summed E-state index contributed by atoms with van der Waals surface area (Å²) in [5.41, 5.74) is 0.909. The van der Waals surface area contributed by atoms with E-state index in [9.17, 15) is 13.2 Å². The van der Waals surface area contributed by atoms with E-state index in [0.717, 1.165) is 4.90 Å². The maximum absolute atomic E-state index is 13.2. The Morgan fingerprint density at radius 2 is 2.00 bits per heavy atom. The third-order valence-corrected chi connectivity index (χ3v) is 2.65. The van der Waals surface area contributed by atoms with Gasteiger partial charge in [-0.15, -0.1) is 0 Å². The van der Waals surface area contributed by atoms with E-state index in [-0.39, 0.29) is 31.5 Å². The molecule has 4 nitrogen and oxygen atoms in total. The molecular weight excluding hydrogens is 247 g/mol. The van der Waals surface area contributed by atoms with Gasteiger partial charge in [0.25, 0.3) is 6.55 Å². The van der Waals surface area contributed by atoms with Gasteiger partial charge in [-0.05, 0) is 13.8 Å². The third kappa shape index (κ3) is 2.72. The van der Waals surface area contributed by atoms with Crippen molar-refractivity contribution in [1.29, 1.82) is 0 Å². The van der Waals surface area contributed by atoms with E-state index >= 15 is 0 Å². The molecule has 1 aromatic rings. The quantitative estimate of drug-likeness (QED) is 0.616. The Hall–Kier alpha value is -1.37. The normalized spacial score (nSPS) is 16.2. The number of hydrogen-bond acceptors (Lipinski definition) is 4. The topological polar surface area (TPSA) is 38.3 Å². The second kappa shape index (κ2) is 5.09. The maximum Gasteiger partial charge on any atom is 0.312 e. The highest BCUT2D eigenvalue weighted by molar-refractivity contribution is 5.32. The van der Waals surface area contributed by atoms with Gasteiger partial charge in [0.1, 0.15) is 0 Å². The second-order valence-electron chi connectivity index (χ2n) is 4.39. The largest absolute Gasteiger partial charge is 0.475 e. The van der Waals surface area contributed by atoms with Gasteiger partial charge in [-0.3, -0.25) is 0 Å². The first kappa shape index (κ1) is 13.1. The SMILES string of the molecule is CC(C)Oc1nc(F)nc2c1CN(C(F)F)CC2. The van der Waals surface area contributed by atoms with Crippen LogP contribution in [0.2, 0.25) is 0 Å². The summed E-state index contributed by atoms with van der Waals surface area (Å²) >= 11 is 0. The molecule has 0 saturated carbocycles. The molecule has 0 atom stereocenters. The van der Waals surface area contributed by atoms with Gasteiger partial charge >= 0.3 is 6.08 Å². The van der Waals surface area contributed by atoms with Crippen molar-refractivity contribution in [2.45, 2.75) is 39.5 Å². The first-order valence-corrected chi connectivity index (χ1v) is 5.71. The van der Waals surface area contributed by atoms with E-state index in [1.165, 1.54) is 0 Å². The molecule has 100 valence electrons. The Balaban J connectivity index is 2.34. The van der Waals surface area contributed by atoms with Crippen LogP contribution in [0.4, 0.5) is 13.2 Å². The molecule has 1 aliphatic rings. The van der Waals surface area contributed by atoms with Gasteiger partial charge in [0.15, 0.2) is 0 Å². The molecule has 0 saturated heterocycles. The molecule has 0 radical (unpaired) electrons. The average Bonchev–Trinajstić information content (AvgIpc) is 2.27. The van der Waals surface area contributed by atoms with E-state index in [4.69, 9.17) is 4.74 Å². The summed E-state index contributed by atoms with van der Waals surface area (Å²) in [6.45, 7) is 1.12. The van der Waals surface area contributed by atoms with Crippen LogP contribution >= 0.6 is 0 Å². The van der Waals surface area contributed by atoms with Crippen LogP contribution < -0.4 is 4.74 Å². The van der Waals surface area contributed by atoms with Crippen molar-refractivity contribution in [3.05, 3.63) is 17.3 Å². The Morgan fingerprint density at radius 3 is 2.61 bits per heavy atom. The van der Waals surface area contributed by atoms with Gasteiger partial charge in [-0.1, -0.05) is 0 Å². The number of halogens is 3. The van der Waals surface area contributed by atoms with Crippen LogP contribution in [0.25, 0.3) is 0 Å². The van der Waals surface area contributed by atoms with Crippen LogP contribution in [0.1, 0.15) is 25.1 Å². The molecule has 0 spiro atoms. The van der Waals surface area contributed by atoms with Gasteiger partial charge < -0.3 is 4.74 Å². The summed E-state index contributed by atoms with van der Waals surface area (Å²) in [6.07, 6.45) is -0.812. The van der Waals surface area contributed by atoms with Crippen LogP contribution in [0.3, 0.4) is 0 Å². The van der Waals surface area contributed by atoms with Crippen molar-refractivity contribution in [2.24, 2.45) is 0 Å². The molecule has 2 rings (SSSR count). The Labute approximate surface area is 103 Å². The number of fused-ring (bicyclic) bond motifs is 1. The fourth-order valence-electron chi connectivity index (χ4n) is 1.86. The highest BCUT2D eigenvalue weighted by atomic mass is 19.3. The maximum atomic E-state index is 13.2. The van der Waals surface area contributed by atoms with Crippen molar-refractivity contribution in [3.8, 4) is 5.88 Å². The van der Waals surface area contributed by atoms with Crippen LogP contribution in [0.15, 0.2) is 0 Å². The van der Waals surface area contributed by atoms with E-state index in [2.05, 4.69) is 9.97 Å². The second-order valence-corrected chi connectivity index (χ2v) is 4.39. The lowest BCUT2D eigenvalue weighted by molar-refractivity contribution is -0.0367. The molecule has 18 heavy (non-hydrogen) atoms. The predicted molar refractivity (Wildman–Crippen MR) is 57.9 cm³/mol. The van der Waals surface area contributed by atoms with Crippen LogP contribution in [0.5, 0.6) is 5.88 Å². The lowest BCUT2D eigenvalue weighted by Crippen LogP contribution is -2.35. The average molecular weight is 261 g/mol. The van der Waals surface area contributed by atoms with Crippen molar-refractivity contribution in [1.82, 2.24) is 14.9 Å². The highest BCUT2D eigenvalue weighted by Gasteiger charge is 2.27. The van der Waals surface area contributed by atoms with Crippen LogP contribution in [-0.2, 0) is 13.0 Å². The minimum Gasteiger partial charge on any atom is -0.475 e. The number of hydrogen-bond donors (Lipinski definition) is 0. The summed E-state index contributed by atoms with van der Waals surface area (Å²) in [6, 6.07) is 0. The molecule has 2 heterocycles. The Morgan fingerprint density at radius 1 is 1.28 bits per heavy atom. The highest BCUT2D eigenvalue weighted by Crippen LogP contribution is 2.27. The zero-order valence-corrected chi connectivity index (χ0v) is 10.2.